The molecule has 4 aromatic rings. The van der Waals surface area contributed by atoms with Gasteiger partial charge >= 0.3 is 5.97 Å². The number of benzene rings is 2. The van der Waals surface area contributed by atoms with Gasteiger partial charge < -0.3 is 20.8 Å². The number of halogens is 1. The van der Waals surface area contributed by atoms with Crippen molar-refractivity contribution in [3.8, 4) is 0 Å². The summed E-state index contributed by atoms with van der Waals surface area (Å²) < 4.78 is 18.5. The topological polar surface area (TPSA) is 127 Å². The van der Waals surface area contributed by atoms with Crippen LogP contribution in [0.3, 0.4) is 0 Å². The summed E-state index contributed by atoms with van der Waals surface area (Å²) in [5.74, 6) is -1.86. The van der Waals surface area contributed by atoms with Crippen LogP contribution in [0.2, 0.25) is 0 Å². The number of pyridine rings is 2. The molecule has 0 unspecified atom stereocenters. The van der Waals surface area contributed by atoms with Gasteiger partial charge in [-0.1, -0.05) is 0 Å². The third-order valence-corrected chi connectivity index (χ3v) is 4.75. The molecule has 0 aliphatic carbocycles. The molecule has 31 heavy (non-hydrogen) atoms. The van der Waals surface area contributed by atoms with Crippen LogP contribution in [0, 0.1) is 5.82 Å². The van der Waals surface area contributed by atoms with E-state index in [0.717, 1.165) is 6.07 Å². The van der Waals surface area contributed by atoms with Crippen molar-refractivity contribution in [3.05, 3.63) is 76.0 Å². The molecule has 4 N–H and O–H groups in total. The number of aromatic amines is 1. The van der Waals surface area contributed by atoms with Crippen LogP contribution in [0.25, 0.3) is 21.8 Å². The van der Waals surface area contributed by atoms with Gasteiger partial charge in [0.25, 0.3) is 5.91 Å². The summed E-state index contributed by atoms with van der Waals surface area (Å²) in [5, 5.41) is 3.13. The molecule has 9 heteroatoms. The van der Waals surface area contributed by atoms with Gasteiger partial charge in [-0.15, -0.1) is 0 Å². The molecule has 0 fully saturated rings. The van der Waals surface area contributed by atoms with Gasteiger partial charge in [-0.2, -0.15) is 0 Å². The van der Waals surface area contributed by atoms with Crippen LogP contribution >= 0.6 is 0 Å². The molecule has 2 aromatic heterocycles. The first-order valence-electron chi connectivity index (χ1n) is 9.36. The van der Waals surface area contributed by atoms with E-state index >= 15 is 0 Å². The van der Waals surface area contributed by atoms with Crippen LogP contribution in [0.5, 0.6) is 0 Å². The van der Waals surface area contributed by atoms with Crippen molar-refractivity contribution in [1.29, 1.82) is 0 Å². The van der Waals surface area contributed by atoms with Gasteiger partial charge in [0.05, 0.1) is 17.8 Å². The summed E-state index contributed by atoms with van der Waals surface area (Å²) in [4.78, 5) is 44.4. The van der Waals surface area contributed by atoms with Gasteiger partial charge in [-0.3, -0.25) is 14.6 Å². The number of nitrogens with zero attached hydrogens (tertiary/aromatic N) is 1. The quantitative estimate of drug-likeness (QED) is 0.435. The first-order valence-corrected chi connectivity index (χ1v) is 9.36. The second-order valence-corrected chi connectivity index (χ2v) is 6.71. The predicted molar refractivity (Wildman–Crippen MR) is 115 cm³/mol. The van der Waals surface area contributed by atoms with Crippen molar-refractivity contribution in [2.24, 2.45) is 0 Å². The average molecular weight is 420 g/mol. The van der Waals surface area contributed by atoms with Gasteiger partial charge in [0.1, 0.15) is 16.9 Å². The number of carbonyl (C=O) groups is 2. The summed E-state index contributed by atoms with van der Waals surface area (Å²) in [5.41, 5.74) is 6.89. The number of aromatic nitrogens is 2. The summed E-state index contributed by atoms with van der Waals surface area (Å²) in [7, 11) is 0. The number of H-pyrrole nitrogens is 1. The number of nitrogens with two attached hydrogens (primary N) is 1. The van der Waals surface area contributed by atoms with E-state index < -0.39 is 23.1 Å². The molecule has 0 saturated carbocycles. The Kier molecular flexibility index (Phi) is 5.08. The number of esters is 1. The van der Waals surface area contributed by atoms with Crippen LogP contribution in [-0.2, 0) is 4.74 Å². The van der Waals surface area contributed by atoms with E-state index in [1.165, 1.54) is 24.5 Å². The van der Waals surface area contributed by atoms with Crippen LogP contribution in [0.15, 0.2) is 53.6 Å². The third-order valence-electron chi connectivity index (χ3n) is 4.75. The van der Waals surface area contributed by atoms with Gasteiger partial charge in [0.2, 0.25) is 5.43 Å². The Balaban J connectivity index is 1.70. The van der Waals surface area contributed by atoms with E-state index in [4.69, 9.17) is 10.5 Å². The number of hydrogen-bond acceptors (Lipinski definition) is 6. The second-order valence-electron chi connectivity index (χ2n) is 6.71. The van der Waals surface area contributed by atoms with E-state index in [0.29, 0.717) is 22.1 Å². The van der Waals surface area contributed by atoms with Crippen molar-refractivity contribution in [3.63, 3.8) is 0 Å². The molecule has 4 rings (SSSR count). The highest BCUT2D eigenvalue weighted by Gasteiger charge is 2.17. The maximum absolute atomic E-state index is 13.5. The van der Waals surface area contributed by atoms with Gasteiger partial charge in [0, 0.05) is 34.4 Å². The maximum atomic E-state index is 13.5. The van der Waals surface area contributed by atoms with Crippen LogP contribution in [-0.4, -0.2) is 28.5 Å². The summed E-state index contributed by atoms with van der Waals surface area (Å²) in [6, 6.07) is 8.48. The molecule has 0 bridgehead atoms. The van der Waals surface area contributed by atoms with Crippen LogP contribution < -0.4 is 16.5 Å². The molecule has 2 heterocycles. The molecule has 0 spiro atoms. The lowest BCUT2D eigenvalue weighted by Crippen LogP contribution is -2.22. The molecule has 8 nitrogen and oxygen atoms in total. The number of fused-ring (bicyclic) bond motifs is 2. The highest BCUT2D eigenvalue weighted by atomic mass is 19.1. The van der Waals surface area contributed by atoms with Crippen molar-refractivity contribution in [2.75, 3.05) is 17.7 Å². The number of hydrogen-bond donors (Lipinski definition) is 3. The minimum absolute atomic E-state index is 0.0682. The molecule has 156 valence electrons. The highest BCUT2D eigenvalue weighted by Crippen LogP contribution is 2.26. The molecule has 0 atom stereocenters. The number of amides is 1. The minimum atomic E-state index is -0.681. The second kappa shape index (κ2) is 7.86. The molecule has 2 aromatic carbocycles. The third kappa shape index (κ3) is 3.68. The largest absolute Gasteiger partial charge is 0.462 e. The van der Waals surface area contributed by atoms with Gasteiger partial charge in [0.15, 0.2) is 0 Å². The molecule has 0 radical (unpaired) electrons. The number of nitrogens with one attached hydrogen (secondary N) is 2. The Morgan fingerprint density at radius 3 is 2.74 bits per heavy atom. The standard InChI is InChI=1S/C22H17FN4O4/c1-2-31-22(30)15-9-25-17-6-4-12(8-13(17)19(15)24)27-21(29)16-10-26-18-5-3-11(23)7-14(18)20(16)28/h3-10H,2H2,1H3,(H2,24,25)(H,26,28)(H,27,29). The predicted octanol–water partition coefficient (Wildman–Crippen LogP) is 3.23. The fourth-order valence-electron chi connectivity index (χ4n) is 3.22. The van der Waals surface area contributed by atoms with E-state index in [-0.39, 0.29) is 28.8 Å². The Bertz CT molecular complexity index is 1410. The monoisotopic (exact) mass is 420 g/mol. The Labute approximate surface area is 174 Å². The van der Waals surface area contributed by atoms with E-state index in [9.17, 15) is 18.8 Å². The van der Waals surface area contributed by atoms with Gasteiger partial charge in [-0.05, 0) is 43.3 Å². The van der Waals surface area contributed by atoms with Gasteiger partial charge in [-0.25, -0.2) is 9.18 Å². The Morgan fingerprint density at radius 1 is 1.16 bits per heavy atom. The van der Waals surface area contributed by atoms with Crippen molar-refractivity contribution < 1.29 is 18.7 Å². The number of rotatable bonds is 4. The number of nitrogen functional groups attached to an aromatic ring is 1. The number of carbonyl (C=O) groups excluding carboxylic acids is 2. The van der Waals surface area contributed by atoms with Crippen molar-refractivity contribution in [2.45, 2.75) is 6.92 Å². The maximum Gasteiger partial charge on any atom is 0.341 e. The zero-order valence-electron chi connectivity index (χ0n) is 16.4. The summed E-state index contributed by atoms with van der Waals surface area (Å²) in [6.45, 7) is 1.87. The molecule has 0 saturated heterocycles. The molecular weight excluding hydrogens is 403 g/mol. The molecule has 0 aliphatic rings. The lowest BCUT2D eigenvalue weighted by atomic mass is 10.1. The first kappa shape index (κ1) is 20.0. The smallest absolute Gasteiger partial charge is 0.341 e. The van der Waals surface area contributed by atoms with E-state index in [1.807, 2.05) is 0 Å². The highest BCUT2D eigenvalue weighted by molar-refractivity contribution is 6.08. The summed E-state index contributed by atoms with van der Waals surface area (Å²) >= 11 is 0. The van der Waals surface area contributed by atoms with E-state index in [2.05, 4.69) is 15.3 Å². The van der Waals surface area contributed by atoms with Crippen LogP contribution in [0.4, 0.5) is 15.8 Å². The molecule has 1 amide bonds. The fraction of sp³-hybridized carbons (Fsp3) is 0.0909. The Hall–Kier alpha value is -4.27. The number of ether oxygens (including phenoxy) is 1. The SMILES string of the molecule is CCOC(=O)c1cnc2ccc(NC(=O)c3c[nH]c4ccc(F)cc4c3=O)cc2c1N. The normalized spacial score (nSPS) is 10.9. The zero-order valence-corrected chi connectivity index (χ0v) is 16.4. The lowest BCUT2D eigenvalue weighted by molar-refractivity contribution is 0.0527. The number of anilines is 2. The average Bonchev–Trinajstić information content (AvgIpc) is 2.75. The Morgan fingerprint density at radius 2 is 1.97 bits per heavy atom. The minimum Gasteiger partial charge on any atom is -0.462 e. The van der Waals surface area contributed by atoms with Crippen LogP contribution in [0.1, 0.15) is 27.6 Å². The molecular formula is C22H17FN4O4. The molecule has 0 aliphatic heterocycles. The first-order chi connectivity index (χ1) is 14.9. The van der Waals surface area contributed by atoms with Crippen molar-refractivity contribution in [1.82, 2.24) is 9.97 Å². The zero-order chi connectivity index (χ0) is 22.1. The van der Waals surface area contributed by atoms with Crippen molar-refractivity contribution >= 4 is 45.1 Å². The summed E-state index contributed by atoms with van der Waals surface area (Å²) in [6.07, 6.45) is 2.61. The lowest BCUT2D eigenvalue weighted by Gasteiger charge is -2.10. The fourth-order valence-corrected chi connectivity index (χ4v) is 3.22. The van der Waals surface area contributed by atoms with E-state index in [1.54, 1.807) is 25.1 Å².